The Labute approximate surface area is 179 Å². The minimum absolute atomic E-state index is 0.0763. The molecule has 0 saturated carbocycles. The molecule has 2 unspecified atom stereocenters. The van der Waals surface area contributed by atoms with Crippen LogP contribution in [0.5, 0.6) is 0 Å². The maximum Gasteiger partial charge on any atom is 0.517 e. The van der Waals surface area contributed by atoms with Gasteiger partial charge in [-0.2, -0.15) is 0 Å². The van der Waals surface area contributed by atoms with E-state index in [0.29, 0.717) is 0 Å². The monoisotopic (exact) mass is 442 g/mol. The number of esters is 2. The third kappa shape index (κ3) is 10.5. The molecule has 0 aromatic carbocycles. The molecule has 0 aliphatic heterocycles. The molecule has 172 valence electrons. The van der Waals surface area contributed by atoms with Gasteiger partial charge in [-0.1, -0.05) is 25.8 Å². The van der Waals surface area contributed by atoms with Crippen molar-refractivity contribution < 1.29 is 52.3 Å². The van der Waals surface area contributed by atoms with Crippen LogP contribution in [0.2, 0.25) is 0 Å². The van der Waals surface area contributed by atoms with Crippen molar-refractivity contribution in [2.24, 2.45) is 0 Å². The van der Waals surface area contributed by atoms with E-state index in [-0.39, 0.29) is 17.6 Å². The maximum atomic E-state index is 12.1. The van der Waals surface area contributed by atoms with Crippen molar-refractivity contribution in [1.82, 2.24) is 0 Å². The highest BCUT2D eigenvalue weighted by Crippen LogP contribution is 2.24. The van der Waals surface area contributed by atoms with Crippen LogP contribution in [0.4, 0.5) is 9.59 Å². The van der Waals surface area contributed by atoms with E-state index >= 15 is 0 Å². The fraction of sp³-hybridized carbons (Fsp3) is 0.400. The Bertz CT molecular complexity index is 675. The van der Waals surface area contributed by atoms with E-state index < -0.39 is 42.8 Å². The Morgan fingerprint density at radius 1 is 0.806 bits per heavy atom. The van der Waals surface area contributed by atoms with E-state index in [0.717, 1.165) is 6.26 Å². The molecular formula is C20H26O11. The zero-order chi connectivity index (χ0) is 24.2. The lowest BCUT2D eigenvalue weighted by atomic mass is 10.3. The lowest BCUT2D eigenvalue weighted by Gasteiger charge is -2.29. The first-order valence-corrected chi connectivity index (χ1v) is 8.77. The van der Waals surface area contributed by atoms with Gasteiger partial charge in [-0.3, -0.25) is 0 Å². The molecule has 0 rings (SSSR count). The lowest BCUT2D eigenvalue weighted by Crippen LogP contribution is -2.43. The number of carbonyl (C=O) groups is 4. The van der Waals surface area contributed by atoms with E-state index in [1.165, 1.54) is 33.8 Å². The van der Waals surface area contributed by atoms with Gasteiger partial charge < -0.3 is 33.2 Å². The number of hydrogen-bond donors (Lipinski definition) is 0. The molecule has 0 heterocycles. The van der Waals surface area contributed by atoms with Crippen molar-refractivity contribution in [2.45, 2.75) is 52.7 Å². The van der Waals surface area contributed by atoms with Gasteiger partial charge in [0.1, 0.15) is 0 Å². The average Bonchev–Trinajstić information content (AvgIpc) is 2.60. The van der Waals surface area contributed by atoms with Crippen molar-refractivity contribution in [3.63, 3.8) is 0 Å². The molecule has 0 bridgehead atoms. The molecule has 0 fully saturated rings. The minimum Gasteiger partial charge on any atom is -0.429 e. The highest BCUT2D eigenvalue weighted by molar-refractivity contribution is 5.87. The first kappa shape index (κ1) is 27.2. The van der Waals surface area contributed by atoms with Crippen molar-refractivity contribution >= 4 is 24.2 Å². The molecule has 2 atom stereocenters. The zero-order valence-corrected chi connectivity index (χ0v) is 17.8. The summed E-state index contributed by atoms with van der Waals surface area (Å²) in [4.78, 5) is 47.1. The van der Waals surface area contributed by atoms with Crippen molar-refractivity contribution in [3.05, 3.63) is 49.8 Å². The first-order valence-electron chi connectivity index (χ1n) is 8.77. The van der Waals surface area contributed by atoms with Gasteiger partial charge in [-0.15, -0.1) is 6.58 Å². The van der Waals surface area contributed by atoms with Crippen LogP contribution in [0, 0.1) is 0 Å². The third-order valence-electron chi connectivity index (χ3n) is 2.90. The summed E-state index contributed by atoms with van der Waals surface area (Å²) in [6.07, 6.45) is -3.97. The molecular weight excluding hydrogens is 416 g/mol. The summed E-state index contributed by atoms with van der Waals surface area (Å²) in [5.41, 5.74) is 0.153. The number of rotatable bonds is 12. The Hall–Kier alpha value is -3.76. The third-order valence-corrected chi connectivity index (χ3v) is 2.90. The SMILES string of the molecule is C=CCC(OC=C)(OC(=O)OC(C)OC(=O)C(=C)C)OC(=O)OC(C)OC(=O)C(=C)C. The van der Waals surface area contributed by atoms with E-state index in [4.69, 9.17) is 33.2 Å². The summed E-state index contributed by atoms with van der Waals surface area (Å²) in [5, 5.41) is 0. The smallest absolute Gasteiger partial charge is 0.429 e. The van der Waals surface area contributed by atoms with Gasteiger partial charge in [0.15, 0.2) is 0 Å². The van der Waals surface area contributed by atoms with Gasteiger partial charge in [0.05, 0.1) is 12.7 Å². The van der Waals surface area contributed by atoms with Crippen LogP contribution < -0.4 is 0 Å². The first-order chi connectivity index (χ1) is 14.4. The summed E-state index contributed by atoms with van der Waals surface area (Å²) in [6.45, 7) is 18.8. The molecule has 31 heavy (non-hydrogen) atoms. The highest BCUT2D eigenvalue weighted by Gasteiger charge is 2.42. The average molecular weight is 442 g/mol. The summed E-state index contributed by atoms with van der Waals surface area (Å²) in [5.74, 6) is -4.04. The predicted molar refractivity (Wildman–Crippen MR) is 105 cm³/mol. The molecule has 0 amide bonds. The van der Waals surface area contributed by atoms with Crippen LogP contribution in [-0.4, -0.2) is 42.8 Å². The zero-order valence-electron chi connectivity index (χ0n) is 17.8. The van der Waals surface area contributed by atoms with Gasteiger partial charge >= 0.3 is 30.2 Å². The van der Waals surface area contributed by atoms with Crippen molar-refractivity contribution in [1.29, 1.82) is 0 Å². The van der Waals surface area contributed by atoms with E-state index in [9.17, 15) is 19.2 Å². The van der Waals surface area contributed by atoms with Crippen LogP contribution in [0.15, 0.2) is 49.8 Å². The Kier molecular flexibility index (Phi) is 11.2. The normalized spacial score (nSPS) is 13.7. The second-order valence-corrected chi connectivity index (χ2v) is 5.91. The van der Waals surface area contributed by atoms with E-state index in [1.807, 2.05) is 0 Å². The molecule has 0 aliphatic rings. The van der Waals surface area contributed by atoms with Crippen LogP contribution in [-0.2, 0) is 42.7 Å². The van der Waals surface area contributed by atoms with E-state index in [2.05, 4.69) is 26.3 Å². The van der Waals surface area contributed by atoms with Gasteiger partial charge in [0, 0.05) is 25.0 Å². The quantitative estimate of drug-likeness (QED) is 0.110. The van der Waals surface area contributed by atoms with Gasteiger partial charge in [0.25, 0.3) is 0 Å². The van der Waals surface area contributed by atoms with Gasteiger partial charge in [-0.05, 0) is 13.8 Å². The molecule has 0 radical (unpaired) electrons. The molecule has 0 aromatic heterocycles. The Morgan fingerprint density at radius 2 is 1.19 bits per heavy atom. The summed E-state index contributed by atoms with van der Waals surface area (Å²) in [7, 11) is 0. The lowest BCUT2D eigenvalue weighted by molar-refractivity contribution is -0.321. The van der Waals surface area contributed by atoms with Crippen LogP contribution in [0.3, 0.4) is 0 Å². The molecule has 0 spiro atoms. The summed E-state index contributed by atoms with van der Waals surface area (Å²) in [6, 6.07) is 0. The van der Waals surface area contributed by atoms with Crippen molar-refractivity contribution in [3.8, 4) is 0 Å². The molecule has 0 aliphatic carbocycles. The van der Waals surface area contributed by atoms with Gasteiger partial charge in [0.2, 0.25) is 12.6 Å². The molecule has 11 nitrogen and oxygen atoms in total. The van der Waals surface area contributed by atoms with Crippen LogP contribution >= 0.6 is 0 Å². The molecule has 0 saturated heterocycles. The van der Waals surface area contributed by atoms with E-state index in [1.54, 1.807) is 0 Å². The van der Waals surface area contributed by atoms with Crippen LogP contribution in [0.25, 0.3) is 0 Å². The molecule has 0 aromatic rings. The highest BCUT2D eigenvalue weighted by atomic mass is 17.0. The Morgan fingerprint density at radius 3 is 1.48 bits per heavy atom. The summed E-state index contributed by atoms with van der Waals surface area (Å²) < 4.78 is 33.9. The van der Waals surface area contributed by atoms with Gasteiger partial charge in [-0.25, -0.2) is 19.2 Å². The second kappa shape index (κ2) is 12.7. The molecule has 0 N–H and O–H groups in total. The standard InChI is InChI=1S/C20H26O11/c1-9-11-20(25-10-2,30-18(23)28-14(7)26-16(21)12(3)4)31-19(24)29-15(8)27-17(22)13(5)6/h9-10,14-15H,1-3,5,11H2,4,6-8H3. The second-order valence-electron chi connectivity index (χ2n) is 5.91. The van der Waals surface area contributed by atoms with Crippen LogP contribution in [0.1, 0.15) is 34.1 Å². The Balaban J connectivity index is 5.20. The number of carbonyl (C=O) groups excluding carboxylic acids is 4. The van der Waals surface area contributed by atoms with Crippen molar-refractivity contribution in [2.75, 3.05) is 0 Å². The largest absolute Gasteiger partial charge is 0.517 e. The fourth-order valence-corrected chi connectivity index (χ4v) is 1.63. The minimum atomic E-state index is -2.42. The molecule has 11 heteroatoms. The number of ether oxygens (including phenoxy) is 7. The number of hydrogen-bond acceptors (Lipinski definition) is 11. The predicted octanol–water partition coefficient (Wildman–Crippen LogP) is 3.61. The maximum absolute atomic E-state index is 12.1. The summed E-state index contributed by atoms with van der Waals surface area (Å²) >= 11 is 0. The topological polar surface area (TPSA) is 133 Å². The fourth-order valence-electron chi connectivity index (χ4n) is 1.63.